The van der Waals surface area contributed by atoms with Crippen molar-refractivity contribution in [3.05, 3.63) is 91.4 Å². The average Bonchev–Trinajstić information content (AvgIpc) is 2.84. The molecule has 0 atom stereocenters. The van der Waals surface area contributed by atoms with Gasteiger partial charge in [0.15, 0.2) is 17.2 Å². The van der Waals surface area contributed by atoms with E-state index in [0.29, 0.717) is 31.1 Å². The van der Waals surface area contributed by atoms with Gasteiger partial charge in [0.1, 0.15) is 6.61 Å². The van der Waals surface area contributed by atoms with Crippen molar-refractivity contribution in [2.24, 2.45) is 4.99 Å². The van der Waals surface area contributed by atoms with Gasteiger partial charge in [-0.05, 0) is 35.2 Å². The highest BCUT2D eigenvalue weighted by Crippen LogP contribution is 2.41. The quantitative estimate of drug-likeness (QED) is 0.293. The lowest BCUT2D eigenvalue weighted by Crippen LogP contribution is -2.18. The van der Waals surface area contributed by atoms with E-state index in [-0.39, 0.29) is 11.4 Å². The number of halogens is 1. The first-order valence-electron chi connectivity index (χ1n) is 10.4. The van der Waals surface area contributed by atoms with Crippen LogP contribution in [0.3, 0.4) is 0 Å². The van der Waals surface area contributed by atoms with E-state index in [1.165, 1.54) is 13.2 Å². The van der Waals surface area contributed by atoms with Crippen LogP contribution in [0.2, 0.25) is 0 Å². The van der Waals surface area contributed by atoms with Crippen LogP contribution < -0.4 is 14.2 Å². The Morgan fingerprint density at radius 2 is 1.79 bits per heavy atom. The number of benzene rings is 3. The smallest absolute Gasteiger partial charge is 0.311 e. The number of methoxy groups -OCH3 is 2. The third-order valence-corrected chi connectivity index (χ3v) is 6.22. The summed E-state index contributed by atoms with van der Waals surface area (Å²) in [7, 11) is 3.03. The number of aliphatic imine (C=N–C) groups is 1. The van der Waals surface area contributed by atoms with Crippen molar-refractivity contribution in [2.45, 2.75) is 19.4 Å². The Bertz CT molecular complexity index is 1210. The molecule has 1 aliphatic heterocycles. The Hall–Kier alpha value is -3.39. The second kappa shape index (κ2) is 10.0. The van der Waals surface area contributed by atoms with Gasteiger partial charge >= 0.3 is 5.69 Å². The molecule has 0 unspecified atom stereocenters. The van der Waals surface area contributed by atoms with Gasteiger partial charge < -0.3 is 14.2 Å². The van der Waals surface area contributed by atoms with Gasteiger partial charge in [0.25, 0.3) is 0 Å². The normalized spacial score (nSPS) is 12.5. The summed E-state index contributed by atoms with van der Waals surface area (Å²) in [6.07, 6.45) is 1.17. The van der Waals surface area contributed by atoms with Crippen molar-refractivity contribution in [1.29, 1.82) is 0 Å². The van der Waals surface area contributed by atoms with E-state index in [0.717, 1.165) is 38.9 Å². The highest BCUT2D eigenvalue weighted by atomic mass is 79.9. The number of hydrogen-bond donors (Lipinski definition) is 0. The molecule has 3 aromatic carbocycles. The van der Waals surface area contributed by atoms with Crippen LogP contribution in [0, 0.1) is 10.1 Å². The lowest BCUT2D eigenvalue weighted by molar-refractivity contribution is -0.385. The van der Waals surface area contributed by atoms with E-state index in [2.05, 4.69) is 15.9 Å². The zero-order valence-electron chi connectivity index (χ0n) is 18.3. The molecule has 0 spiro atoms. The summed E-state index contributed by atoms with van der Waals surface area (Å²) in [5, 5.41) is 11.5. The van der Waals surface area contributed by atoms with E-state index in [1.807, 2.05) is 42.5 Å². The minimum Gasteiger partial charge on any atom is -0.493 e. The van der Waals surface area contributed by atoms with Gasteiger partial charge in [0.2, 0.25) is 0 Å². The highest BCUT2D eigenvalue weighted by Gasteiger charge is 2.26. The SMILES string of the molecule is COc1ccc(CC2=NCCc3c(Br)cc(OC)c(OCc4ccccc4)c32)cc1[N+](=O)[O-]. The number of hydrogen-bond acceptors (Lipinski definition) is 6. The van der Waals surface area contributed by atoms with Crippen molar-refractivity contribution >= 4 is 27.3 Å². The average molecular weight is 511 g/mol. The molecule has 0 radical (unpaired) electrons. The minimum atomic E-state index is -0.438. The maximum absolute atomic E-state index is 11.5. The van der Waals surface area contributed by atoms with Crippen LogP contribution >= 0.6 is 15.9 Å². The van der Waals surface area contributed by atoms with E-state index < -0.39 is 4.92 Å². The molecule has 8 heteroatoms. The Labute approximate surface area is 200 Å². The van der Waals surface area contributed by atoms with E-state index in [9.17, 15) is 10.1 Å². The number of ether oxygens (including phenoxy) is 3. The molecular formula is C25H23BrN2O5. The minimum absolute atomic E-state index is 0.0704. The fraction of sp³-hybridized carbons (Fsp3) is 0.240. The second-order valence-electron chi connectivity index (χ2n) is 7.54. The van der Waals surface area contributed by atoms with E-state index in [1.54, 1.807) is 13.2 Å². The van der Waals surface area contributed by atoms with Crippen LogP contribution in [0.5, 0.6) is 17.2 Å². The maximum atomic E-state index is 11.5. The molecule has 0 bridgehead atoms. The summed E-state index contributed by atoms with van der Waals surface area (Å²) < 4.78 is 18.0. The van der Waals surface area contributed by atoms with E-state index in [4.69, 9.17) is 19.2 Å². The highest BCUT2D eigenvalue weighted by molar-refractivity contribution is 9.10. The molecular weight excluding hydrogens is 488 g/mol. The molecule has 0 saturated carbocycles. The molecule has 0 amide bonds. The van der Waals surface area contributed by atoms with Gasteiger partial charge in [-0.3, -0.25) is 15.1 Å². The zero-order valence-corrected chi connectivity index (χ0v) is 19.9. The lowest BCUT2D eigenvalue weighted by atomic mass is 9.92. The summed E-state index contributed by atoms with van der Waals surface area (Å²) in [5.74, 6) is 1.46. The zero-order chi connectivity index (χ0) is 23.4. The molecule has 1 heterocycles. The molecule has 0 N–H and O–H groups in total. The van der Waals surface area contributed by atoms with Gasteiger partial charge in [-0.2, -0.15) is 0 Å². The summed E-state index contributed by atoms with van der Waals surface area (Å²) >= 11 is 3.67. The Morgan fingerprint density at radius 3 is 2.48 bits per heavy atom. The van der Waals surface area contributed by atoms with Crippen LogP contribution in [0.15, 0.2) is 64.1 Å². The molecule has 0 aromatic heterocycles. The van der Waals surface area contributed by atoms with Gasteiger partial charge in [-0.25, -0.2) is 0 Å². The Kier molecular flexibility index (Phi) is 6.93. The molecule has 0 saturated heterocycles. The summed E-state index contributed by atoms with van der Waals surface area (Å²) in [6, 6.07) is 16.8. The predicted molar refractivity (Wildman–Crippen MR) is 130 cm³/mol. The van der Waals surface area contributed by atoms with Crippen molar-refractivity contribution in [1.82, 2.24) is 0 Å². The standard InChI is InChI=1S/C25H23BrN2O5/c1-31-22-9-8-17(13-21(22)28(29)30)12-20-24-18(10-11-27-20)19(26)14-23(32-2)25(24)33-15-16-6-4-3-5-7-16/h3-9,13-14H,10-12,15H2,1-2H3. The lowest BCUT2D eigenvalue weighted by Gasteiger charge is -2.24. The number of nitro groups is 1. The van der Waals surface area contributed by atoms with Crippen molar-refractivity contribution < 1.29 is 19.1 Å². The number of fused-ring (bicyclic) bond motifs is 1. The molecule has 0 fully saturated rings. The maximum Gasteiger partial charge on any atom is 0.311 e. The van der Waals surface area contributed by atoms with Crippen LogP contribution in [0.25, 0.3) is 0 Å². The molecule has 0 aliphatic carbocycles. The molecule has 1 aliphatic rings. The van der Waals surface area contributed by atoms with Gasteiger partial charge in [-0.1, -0.05) is 52.3 Å². The predicted octanol–water partition coefficient (Wildman–Crippen LogP) is 5.54. The van der Waals surface area contributed by atoms with Crippen LogP contribution in [0.1, 0.15) is 22.3 Å². The van der Waals surface area contributed by atoms with Crippen molar-refractivity contribution in [3.8, 4) is 17.2 Å². The number of rotatable bonds is 8. The molecule has 7 nitrogen and oxygen atoms in total. The van der Waals surface area contributed by atoms with Gasteiger partial charge in [0.05, 0.1) is 24.9 Å². The molecule has 3 aromatic rings. The molecule has 170 valence electrons. The third-order valence-electron chi connectivity index (χ3n) is 5.51. The summed E-state index contributed by atoms with van der Waals surface area (Å²) in [5.41, 5.74) is 4.50. The first-order chi connectivity index (χ1) is 16.0. The van der Waals surface area contributed by atoms with Crippen LogP contribution in [-0.4, -0.2) is 31.4 Å². The largest absolute Gasteiger partial charge is 0.493 e. The second-order valence-corrected chi connectivity index (χ2v) is 8.39. The Balaban J connectivity index is 1.73. The fourth-order valence-electron chi connectivity index (χ4n) is 3.93. The first kappa shape index (κ1) is 22.8. The fourth-order valence-corrected chi connectivity index (χ4v) is 4.53. The van der Waals surface area contributed by atoms with Gasteiger partial charge in [0, 0.05) is 29.1 Å². The monoisotopic (exact) mass is 510 g/mol. The molecule has 4 rings (SSSR count). The van der Waals surface area contributed by atoms with Crippen LogP contribution in [-0.2, 0) is 19.4 Å². The van der Waals surface area contributed by atoms with E-state index >= 15 is 0 Å². The summed E-state index contributed by atoms with van der Waals surface area (Å²) in [4.78, 5) is 15.8. The molecule has 33 heavy (non-hydrogen) atoms. The van der Waals surface area contributed by atoms with Gasteiger partial charge in [-0.15, -0.1) is 0 Å². The van der Waals surface area contributed by atoms with Crippen molar-refractivity contribution in [3.63, 3.8) is 0 Å². The summed E-state index contributed by atoms with van der Waals surface area (Å²) in [6.45, 7) is 1.01. The number of nitro benzene ring substituents is 1. The number of nitrogens with zero attached hydrogens (tertiary/aromatic N) is 2. The van der Waals surface area contributed by atoms with Crippen LogP contribution in [0.4, 0.5) is 5.69 Å². The first-order valence-corrected chi connectivity index (χ1v) is 11.2. The van der Waals surface area contributed by atoms with Crippen molar-refractivity contribution in [2.75, 3.05) is 20.8 Å². The topological polar surface area (TPSA) is 83.2 Å². The third kappa shape index (κ3) is 4.85. The Morgan fingerprint density at radius 1 is 1.03 bits per heavy atom.